The smallest absolute Gasteiger partial charge is 0.164 e. The Hall–Kier alpha value is -1.72. The lowest BCUT2D eigenvalue weighted by atomic mass is 10.1. The topological polar surface area (TPSA) is 53.4 Å². The van der Waals surface area contributed by atoms with Gasteiger partial charge in [0.25, 0.3) is 0 Å². The van der Waals surface area contributed by atoms with Gasteiger partial charge in [0, 0.05) is 19.5 Å². The molecule has 0 radical (unpaired) electrons. The van der Waals surface area contributed by atoms with Gasteiger partial charge in [-0.1, -0.05) is 18.2 Å². The van der Waals surface area contributed by atoms with Crippen molar-refractivity contribution in [2.45, 2.75) is 6.42 Å². The van der Waals surface area contributed by atoms with Crippen LogP contribution in [-0.4, -0.2) is 42.5 Å². The fourth-order valence-corrected chi connectivity index (χ4v) is 1.99. The van der Waals surface area contributed by atoms with E-state index >= 15 is 0 Å². The van der Waals surface area contributed by atoms with Gasteiger partial charge in [-0.3, -0.25) is 9.48 Å². The first-order valence-electron chi connectivity index (χ1n) is 6.21. The van der Waals surface area contributed by atoms with E-state index < -0.39 is 0 Å². The molecule has 1 aromatic heterocycles. The fraction of sp³-hybridized carbons (Fsp3) is 0.429. The van der Waals surface area contributed by atoms with Gasteiger partial charge in [-0.2, -0.15) is 5.10 Å². The molecule has 1 heterocycles. The van der Waals surface area contributed by atoms with Crippen LogP contribution >= 0.6 is 0 Å². The van der Waals surface area contributed by atoms with Crippen LogP contribution in [0.1, 0.15) is 5.69 Å². The highest BCUT2D eigenvalue weighted by molar-refractivity contribution is 5.89. The van der Waals surface area contributed by atoms with E-state index in [9.17, 15) is 4.79 Å². The average molecular weight is 262 g/mol. The summed E-state index contributed by atoms with van der Waals surface area (Å²) in [7, 11) is 3.48. The van der Waals surface area contributed by atoms with E-state index in [0.717, 1.165) is 16.6 Å². The number of para-hydroxylation sites is 1. The maximum absolute atomic E-state index is 11.8. The third-order valence-electron chi connectivity index (χ3n) is 2.89. The van der Waals surface area contributed by atoms with Crippen LogP contribution in [0.25, 0.3) is 10.9 Å². The molecule has 0 N–H and O–H groups in total. The molecular weight excluding hydrogens is 244 g/mol. The van der Waals surface area contributed by atoms with Crippen LogP contribution in [0.15, 0.2) is 24.3 Å². The number of fused-ring (bicyclic) bond motifs is 1. The number of hydrogen-bond donors (Lipinski definition) is 0. The number of aryl methyl sites for hydroxylation is 1. The van der Waals surface area contributed by atoms with E-state index in [1.807, 2.05) is 31.3 Å². The van der Waals surface area contributed by atoms with Gasteiger partial charge < -0.3 is 9.47 Å². The molecule has 19 heavy (non-hydrogen) atoms. The normalized spacial score (nSPS) is 11.1. The molecule has 0 spiro atoms. The third kappa shape index (κ3) is 3.39. The fourth-order valence-electron chi connectivity index (χ4n) is 1.99. The van der Waals surface area contributed by atoms with E-state index in [1.54, 1.807) is 11.8 Å². The van der Waals surface area contributed by atoms with Gasteiger partial charge in [0.1, 0.15) is 6.61 Å². The molecule has 5 heteroatoms. The minimum absolute atomic E-state index is 0.0277. The molecule has 0 aliphatic rings. The van der Waals surface area contributed by atoms with Gasteiger partial charge >= 0.3 is 0 Å². The summed E-state index contributed by atoms with van der Waals surface area (Å²) in [5, 5.41) is 5.41. The van der Waals surface area contributed by atoms with Gasteiger partial charge in [0.2, 0.25) is 0 Å². The van der Waals surface area contributed by atoms with Crippen molar-refractivity contribution in [3.8, 4) is 0 Å². The largest absolute Gasteiger partial charge is 0.382 e. The number of carbonyl (C=O) groups is 1. The van der Waals surface area contributed by atoms with Crippen molar-refractivity contribution in [3.05, 3.63) is 30.0 Å². The van der Waals surface area contributed by atoms with Crippen LogP contribution < -0.4 is 0 Å². The molecule has 0 bridgehead atoms. The van der Waals surface area contributed by atoms with Crippen LogP contribution in [0.3, 0.4) is 0 Å². The van der Waals surface area contributed by atoms with E-state index in [2.05, 4.69) is 5.10 Å². The lowest BCUT2D eigenvalue weighted by Crippen LogP contribution is -2.14. The highest BCUT2D eigenvalue weighted by atomic mass is 16.5. The van der Waals surface area contributed by atoms with Crippen molar-refractivity contribution in [2.75, 3.05) is 26.9 Å². The number of aromatic nitrogens is 2. The van der Waals surface area contributed by atoms with E-state index in [-0.39, 0.29) is 12.4 Å². The predicted octanol–water partition coefficient (Wildman–Crippen LogP) is 1.35. The first-order chi connectivity index (χ1) is 9.22. The number of ketones is 1. The van der Waals surface area contributed by atoms with Crippen molar-refractivity contribution in [3.63, 3.8) is 0 Å². The summed E-state index contributed by atoms with van der Waals surface area (Å²) < 4.78 is 11.9. The first-order valence-corrected chi connectivity index (χ1v) is 6.21. The summed E-state index contributed by atoms with van der Waals surface area (Å²) in [5.41, 5.74) is 1.84. The Kier molecular flexibility index (Phi) is 4.65. The van der Waals surface area contributed by atoms with Crippen LogP contribution in [-0.2, 0) is 27.7 Å². The number of methoxy groups -OCH3 is 1. The maximum Gasteiger partial charge on any atom is 0.164 e. The molecule has 2 aromatic rings. The monoisotopic (exact) mass is 262 g/mol. The number of Topliss-reactive ketones (excluding diaryl/α,β-unsaturated/α-hetero) is 1. The maximum atomic E-state index is 11.8. The number of benzene rings is 1. The second-order valence-electron chi connectivity index (χ2n) is 4.35. The van der Waals surface area contributed by atoms with Crippen molar-refractivity contribution in [2.24, 2.45) is 7.05 Å². The standard InChI is InChI=1S/C14H18N2O3/c1-16-14-6-4-3-5-12(14)13(15-16)9-11(17)10-19-8-7-18-2/h3-6H,7-10H2,1-2H3. The molecule has 5 nitrogen and oxygen atoms in total. The van der Waals surface area contributed by atoms with Gasteiger partial charge in [0.05, 0.1) is 30.8 Å². The summed E-state index contributed by atoms with van der Waals surface area (Å²) in [6.07, 6.45) is 0.300. The Morgan fingerprint density at radius 3 is 2.89 bits per heavy atom. The van der Waals surface area contributed by atoms with Crippen molar-refractivity contribution >= 4 is 16.7 Å². The molecular formula is C14H18N2O3. The number of rotatable bonds is 7. The number of carbonyl (C=O) groups excluding carboxylic acids is 1. The minimum Gasteiger partial charge on any atom is -0.382 e. The molecule has 0 saturated heterocycles. The van der Waals surface area contributed by atoms with Crippen LogP contribution in [0.2, 0.25) is 0 Å². The predicted molar refractivity (Wildman–Crippen MR) is 72.1 cm³/mol. The van der Waals surface area contributed by atoms with Crippen LogP contribution in [0.4, 0.5) is 0 Å². The summed E-state index contributed by atoms with van der Waals surface area (Å²) in [5.74, 6) is 0.0277. The molecule has 0 unspecified atom stereocenters. The Morgan fingerprint density at radius 1 is 1.32 bits per heavy atom. The second-order valence-corrected chi connectivity index (χ2v) is 4.35. The Morgan fingerprint density at radius 2 is 2.11 bits per heavy atom. The highest BCUT2D eigenvalue weighted by Crippen LogP contribution is 2.17. The van der Waals surface area contributed by atoms with Gasteiger partial charge in [-0.25, -0.2) is 0 Å². The first kappa shape index (κ1) is 13.7. The summed E-state index contributed by atoms with van der Waals surface area (Å²) in [6, 6.07) is 7.89. The minimum atomic E-state index is 0.0277. The lowest BCUT2D eigenvalue weighted by Gasteiger charge is -2.02. The SMILES string of the molecule is COCCOCC(=O)Cc1nn(C)c2ccccc12. The van der Waals surface area contributed by atoms with E-state index in [1.165, 1.54) is 0 Å². The van der Waals surface area contributed by atoms with Gasteiger partial charge in [-0.05, 0) is 6.07 Å². The highest BCUT2D eigenvalue weighted by Gasteiger charge is 2.12. The summed E-state index contributed by atoms with van der Waals surface area (Å²) in [6.45, 7) is 1.04. The molecule has 102 valence electrons. The van der Waals surface area contributed by atoms with Gasteiger partial charge in [-0.15, -0.1) is 0 Å². The third-order valence-corrected chi connectivity index (χ3v) is 2.89. The molecule has 2 rings (SSSR count). The van der Waals surface area contributed by atoms with Crippen molar-refractivity contribution in [1.29, 1.82) is 0 Å². The molecule has 0 amide bonds. The lowest BCUT2D eigenvalue weighted by molar-refractivity contribution is -0.123. The number of nitrogens with zero attached hydrogens (tertiary/aromatic N) is 2. The van der Waals surface area contributed by atoms with Crippen molar-refractivity contribution < 1.29 is 14.3 Å². The molecule has 0 atom stereocenters. The number of hydrogen-bond acceptors (Lipinski definition) is 4. The Balaban J connectivity index is 1.99. The summed E-state index contributed by atoms with van der Waals surface area (Å²) in [4.78, 5) is 11.8. The molecule has 0 aliphatic heterocycles. The Bertz CT molecular complexity index is 563. The average Bonchev–Trinajstić information content (AvgIpc) is 2.72. The molecule has 1 aromatic carbocycles. The Labute approximate surface area is 112 Å². The zero-order valence-corrected chi connectivity index (χ0v) is 11.3. The second kappa shape index (κ2) is 6.45. The zero-order valence-electron chi connectivity index (χ0n) is 11.3. The number of ether oxygens (including phenoxy) is 2. The van der Waals surface area contributed by atoms with Gasteiger partial charge in [0.15, 0.2) is 5.78 Å². The molecule has 0 fully saturated rings. The summed E-state index contributed by atoms with van der Waals surface area (Å²) >= 11 is 0. The zero-order chi connectivity index (χ0) is 13.7. The van der Waals surface area contributed by atoms with Crippen LogP contribution in [0.5, 0.6) is 0 Å². The van der Waals surface area contributed by atoms with E-state index in [4.69, 9.17) is 9.47 Å². The molecule has 0 saturated carbocycles. The molecule has 0 aliphatic carbocycles. The van der Waals surface area contributed by atoms with E-state index in [0.29, 0.717) is 19.6 Å². The van der Waals surface area contributed by atoms with Crippen molar-refractivity contribution in [1.82, 2.24) is 9.78 Å². The van der Waals surface area contributed by atoms with Crippen LogP contribution in [0, 0.1) is 0 Å². The quantitative estimate of drug-likeness (QED) is 0.707.